The van der Waals surface area contributed by atoms with Crippen molar-refractivity contribution in [3.05, 3.63) is 42.6 Å². The molecule has 3 nitrogen and oxygen atoms in total. The van der Waals surface area contributed by atoms with Gasteiger partial charge in [0.1, 0.15) is 11.4 Å². The molecule has 2 aromatic rings. The zero-order chi connectivity index (χ0) is 12.3. The van der Waals surface area contributed by atoms with E-state index in [1.54, 1.807) is 6.20 Å². The summed E-state index contributed by atoms with van der Waals surface area (Å²) in [5.74, 6) is 0.785. The molecule has 1 aromatic heterocycles. The molecule has 0 bridgehead atoms. The van der Waals surface area contributed by atoms with Crippen molar-refractivity contribution in [2.24, 2.45) is 0 Å². The number of nitrogens with two attached hydrogens (primary N) is 1. The maximum Gasteiger partial charge on any atom is 0.145 e. The van der Waals surface area contributed by atoms with Crippen LogP contribution in [0.25, 0.3) is 11.3 Å². The highest BCUT2D eigenvalue weighted by molar-refractivity contribution is 5.69. The van der Waals surface area contributed by atoms with Crippen molar-refractivity contribution >= 4 is 5.69 Å². The molecule has 3 heteroatoms. The van der Waals surface area contributed by atoms with Gasteiger partial charge >= 0.3 is 0 Å². The van der Waals surface area contributed by atoms with Gasteiger partial charge in [-0.25, -0.2) is 0 Å². The molecule has 0 atom stereocenters. The number of anilines is 1. The average Bonchev–Trinajstić information content (AvgIpc) is 2.29. The van der Waals surface area contributed by atoms with Gasteiger partial charge in [0.25, 0.3) is 0 Å². The molecule has 1 heterocycles. The summed E-state index contributed by atoms with van der Waals surface area (Å²) in [6, 6.07) is 11.4. The molecule has 17 heavy (non-hydrogen) atoms. The van der Waals surface area contributed by atoms with Gasteiger partial charge in [-0.2, -0.15) is 0 Å². The smallest absolute Gasteiger partial charge is 0.145 e. The number of rotatable bonds is 3. The van der Waals surface area contributed by atoms with Crippen LogP contribution in [0, 0.1) is 0 Å². The predicted octanol–water partition coefficient (Wildman–Crippen LogP) is 3.12. The molecular formula is C14H16N2O. The summed E-state index contributed by atoms with van der Waals surface area (Å²) in [6.45, 7) is 3.99. The molecule has 0 saturated carbocycles. The molecular weight excluding hydrogens is 212 g/mol. The van der Waals surface area contributed by atoms with E-state index in [0.717, 1.165) is 22.7 Å². The first-order valence-corrected chi connectivity index (χ1v) is 5.64. The third-order valence-electron chi connectivity index (χ3n) is 2.29. The van der Waals surface area contributed by atoms with Crippen molar-refractivity contribution in [2.75, 3.05) is 5.73 Å². The Labute approximate surface area is 101 Å². The second kappa shape index (κ2) is 4.87. The monoisotopic (exact) mass is 228 g/mol. The van der Waals surface area contributed by atoms with E-state index in [9.17, 15) is 0 Å². The minimum atomic E-state index is 0.124. The standard InChI is InChI=1S/C14H16N2O/c1-10(2)17-13-7-4-8-16-14(13)11-5-3-6-12(15)9-11/h3-10H,15H2,1-2H3. The Morgan fingerprint density at radius 1 is 1.18 bits per heavy atom. The van der Waals surface area contributed by atoms with Crippen LogP contribution in [0.5, 0.6) is 5.75 Å². The maximum atomic E-state index is 5.78. The summed E-state index contributed by atoms with van der Waals surface area (Å²) in [5, 5.41) is 0. The number of pyridine rings is 1. The van der Waals surface area contributed by atoms with Gasteiger partial charge in [-0.3, -0.25) is 4.98 Å². The van der Waals surface area contributed by atoms with E-state index in [-0.39, 0.29) is 6.10 Å². The van der Waals surface area contributed by atoms with Gasteiger partial charge in [-0.1, -0.05) is 12.1 Å². The van der Waals surface area contributed by atoms with Gasteiger partial charge in [0.2, 0.25) is 0 Å². The van der Waals surface area contributed by atoms with E-state index < -0.39 is 0 Å². The lowest BCUT2D eigenvalue weighted by Crippen LogP contribution is -2.07. The molecule has 0 aliphatic carbocycles. The van der Waals surface area contributed by atoms with E-state index >= 15 is 0 Å². The van der Waals surface area contributed by atoms with Gasteiger partial charge in [-0.05, 0) is 38.1 Å². The molecule has 0 saturated heterocycles. The van der Waals surface area contributed by atoms with Crippen LogP contribution in [-0.2, 0) is 0 Å². The Balaban J connectivity index is 2.44. The van der Waals surface area contributed by atoms with Crippen molar-refractivity contribution in [3.63, 3.8) is 0 Å². The first-order chi connectivity index (χ1) is 8.16. The first kappa shape index (κ1) is 11.5. The second-order valence-corrected chi connectivity index (χ2v) is 4.14. The fraction of sp³-hybridized carbons (Fsp3) is 0.214. The zero-order valence-electron chi connectivity index (χ0n) is 10.1. The van der Waals surface area contributed by atoms with E-state index in [4.69, 9.17) is 10.5 Å². The molecule has 2 rings (SSSR count). The summed E-state index contributed by atoms with van der Waals surface area (Å²) >= 11 is 0. The van der Waals surface area contributed by atoms with E-state index in [1.165, 1.54) is 0 Å². The summed E-state index contributed by atoms with van der Waals surface area (Å²) in [4.78, 5) is 4.36. The molecule has 0 aliphatic rings. The van der Waals surface area contributed by atoms with Crippen molar-refractivity contribution in [1.29, 1.82) is 0 Å². The molecule has 0 unspecified atom stereocenters. The van der Waals surface area contributed by atoms with E-state index in [0.29, 0.717) is 0 Å². The van der Waals surface area contributed by atoms with Gasteiger partial charge < -0.3 is 10.5 Å². The molecule has 0 amide bonds. The predicted molar refractivity (Wildman–Crippen MR) is 69.8 cm³/mol. The lowest BCUT2D eigenvalue weighted by molar-refractivity contribution is 0.242. The first-order valence-electron chi connectivity index (χ1n) is 5.64. The number of hydrogen-bond acceptors (Lipinski definition) is 3. The van der Waals surface area contributed by atoms with Crippen molar-refractivity contribution < 1.29 is 4.74 Å². The van der Waals surface area contributed by atoms with Gasteiger partial charge in [-0.15, -0.1) is 0 Å². The lowest BCUT2D eigenvalue weighted by Gasteiger charge is -2.13. The molecule has 2 N–H and O–H groups in total. The number of nitrogens with zero attached hydrogens (tertiary/aromatic N) is 1. The number of nitrogen functional groups attached to an aromatic ring is 1. The van der Waals surface area contributed by atoms with Crippen LogP contribution in [0.4, 0.5) is 5.69 Å². The number of ether oxygens (including phenoxy) is 1. The van der Waals surface area contributed by atoms with Crippen molar-refractivity contribution in [1.82, 2.24) is 4.98 Å². The number of benzene rings is 1. The summed E-state index contributed by atoms with van der Waals surface area (Å²) < 4.78 is 5.74. The highest BCUT2D eigenvalue weighted by Gasteiger charge is 2.08. The fourth-order valence-electron chi connectivity index (χ4n) is 1.64. The number of aromatic nitrogens is 1. The third-order valence-corrected chi connectivity index (χ3v) is 2.29. The van der Waals surface area contributed by atoms with Crippen LogP contribution in [-0.4, -0.2) is 11.1 Å². The normalized spacial score (nSPS) is 10.5. The minimum Gasteiger partial charge on any atom is -0.489 e. The average molecular weight is 228 g/mol. The summed E-state index contributed by atoms with van der Waals surface area (Å²) in [6.07, 6.45) is 1.88. The Morgan fingerprint density at radius 3 is 2.71 bits per heavy atom. The second-order valence-electron chi connectivity index (χ2n) is 4.14. The minimum absolute atomic E-state index is 0.124. The van der Waals surface area contributed by atoms with Gasteiger partial charge in [0, 0.05) is 17.4 Å². The van der Waals surface area contributed by atoms with Gasteiger partial charge in [0.15, 0.2) is 0 Å². The van der Waals surface area contributed by atoms with Crippen LogP contribution >= 0.6 is 0 Å². The number of hydrogen-bond donors (Lipinski definition) is 1. The van der Waals surface area contributed by atoms with Crippen LogP contribution in [0.2, 0.25) is 0 Å². The molecule has 0 spiro atoms. The summed E-state index contributed by atoms with van der Waals surface area (Å²) in [7, 11) is 0. The highest BCUT2D eigenvalue weighted by atomic mass is 16.5. The molecule has 88 valence electrons. The van der Waals surface area contributed by atoms with E-state index in [2.05, 4.69) is 4.98 Å². The maximum absolute atomic E-state index is 5.78. The Morgan fingerprint density at radius 2 is 2.00 bits per heavy atom. The summed E-state index contributed by atoms with van der Waals surface area (Å²) in [5.41, 5.74) is 8.30. The van der Waals surface area contributed by atoms with Crippen LogP contribution < -0.4 is 10.5 Å². The van der Waals surface area contributed by atoms with Crippen LogP contribution in [0.1, 0.15) is 13.8 Å². The Bertz CT molecular complexity index is 509. The van der Waals surface area contributed by atoms with Gasteiger partial charge in [0.05, 0.1) is 6.10 Å². The highest BCUT2D eigenvalue weighted by Crippen LogP contribution is 2.29. The molecule has 0 fully saturated rings. The third kappa shape index (κ3) is 2.75. The SMILES string of the molecule is CC(C)Oc1cccnc1-c1cccc(N)c1. The zero-order valence-corrected chi connectivity index (χ0v) is 10.1. The largest absolute Gasteiger partial charge is 0.489 e. The lowest BCUT2D eigenvalue weighted by atomic mass is 10.1. The van der Waals surface area contributed by atoms with Crippen molar-refractivity contribution in [3.8, 4) is 17.0 Å². The molecule has 1 aromatic carbocycles. The quantitative estimate of drug-likeness (QED) is 0.821. The van der Waals surface area contributed by atoms with Crippen LogP contribution in [0.15, 0.2) is 42.6 Å². The van der Waals surface area contributed by atoms with Crippen LogP contribution in [0.3, 0.4) is 0 Å². The van der Waals surface area contributed by atoms with Crippen molar-refractivity contribution in [2.45, 2.75) is 20.0 Å². The fourth-order valence-corrected chi connectivity index (χ4v) is 1.64. The molecule has 0 aliphatic heterocycles. The molecule has 0 radical (unpaired) electrons. The Kier molecular flexibility index (Phi) is 3.28. The Hall–Kier alpha value is -2.03. The topological polar surface area (TPSA) is 48.1 Å². The van der Waals surface area contributed by atoms with E-state index in [1.807, 2.05) is 50.2 Å².